The first kappa shape index (κ1) is 7.53. The van der Waals surface area contributed by atoms with Gasteiger partial charge in [-0.1, -0.05) is 0 Å². The smallest absolute Gasteiger partial charge is 0.132 e. The maximum atomic E-state index is 4.23. The summed E-state index contributed by atoms with van der Waals surface area (Å²) in [6.07, 6.45) is 2.92. The summed E-state index contributed by atoms with van der Waals surface area (Å²) >= 11 is 0. The average Bonchev–Trinajstić information content (AvgIpc) is 2.02. The zero-order valence-corrected chi connectivity index (χ0v) is 7.49. The SMILES string of the molecule is Cc1cc(N2CCC2C)ncn1. The van der Waals surface area contributed by atoms with Crippen LogP contribution in [0, 0.1) is 6.92 Å². The van der Waals surface area contributed by atoms with Gasteiger partial charge in [-0.2, -0.15) is 0 Å². The van der Waals surface area contributed by atoms with Crippen LogP contribution < -0.4 is 4.90 Å². The third-order valence-electron chi connectivity index (χ3n) is 2.40. The summed E-state index contributed by atoms with van der Waals surface area (Å²) in [6, 6.07) is 2.69. The van der Waals surface area contributed by atoms with E-state index in [1.54, 1.807) is 6.33 Å². The highest BCUT2D eigenvalue weighted by atomic mass is 15.3. The summed E-state index contributed by atoms with van der Waals surface area (Å²) in [5.74, 6) is 1.07. The fourth-order valence-corrected chi connectivity index (χ4v) is 1.45. The van der Waals surface area contributed by atoms with Gasteiger partial charge in [0.15, 0.2) is 0 Å². The van der Waals surface area contributed by atoms with Crippen LogP contribution in [0.3, 0.4) is 0 Å². The topological polar surface area (TPSA) is 29.0 Å². The van der Waals surface area contributed by atoms with E-state index in [1.807, 2.05) is 13.0 Å². The van der Waals surface area contributed by atoms with Crippen LogP contribution in [0.4, 0.5) is 5.82 Å². The number of hydrogen-bond donors (Lipinski definition) is 0. The minimum Gasteiger partial charge on any atom is -0.354 e. The molecule has 0 aliphatic carbocycles. The molecule has 0 spiro atoms. The van der Waals surface area contributed by atoms with Gasteiger partial charge >= 0.3 is 0 Å². The van der Waals surface area contributed by atoms with Crippen molar-refractivity contribution in [1.29, 1.82) is 0 Å². The van der Waals surface area contributed by atoms with Gasteiger partial charge in [-0.05, 0) is 20.3 Å². The third kappa shape index (κ3) is 1.15. The lowest BCUT2D eigenvalue weighted by molar-refractivity contribution is 0.476. The minimum absolute atomic E-state index is 0.652. The fourth-order valence-electron chi connectivity index (χ4n) is 1.45. The molecule has 0 bridgehead atoms. The second kappa shape index (κ2) is 2.73. The fraction of sp³-hybridized carbons (Fsp3) is 0.556. The van der Waals surface area contributed by atoms with E-state index in [0.29, 0.717) is 6.04 Å². The van der Waals surface area contributed by atoms with E-state index in [4.69, 9.17) is 0 Å². The Balaban J connectivity index is 2.22. The van der Waals surface area contributed by atoms with Gasteiger partial charge in [0.2, 0.25) is 0 Å². The van der Waals surface area contributed by atoms with Gasteiger partial charge in [0.1, 0.15) is 12.1 Å². The van der Waals surface area contributed by atoms with E-state index in [2.05, 4.69) is 21.8 Å². The lowest BCUT2D eigenvalue weighted by Gasteiger charge is -2.39. The van der Waals surface area contributed by atoms with Crippen molar-refractivity contribution in [3.05, 3.63) is 18.1 Å². The van der Waals surface area contributed by atoms with Crippen LogP contribution in [0.5, 0.6) is 0 Å². The van der Waals surface area contributed by atoms with E-state index in [1.165, 1.54) is 6.42 Å². The normalized spacial score (nSPS) is 22.2. The molecule has 1 aromatic rings. The molecule has 1 atom stereocenters. The van der Waals surface area contributed by atoms with E-state index >= 15 is 0 Å². The zero-order valence-electron chi connectivity index (χ0n) is 7.49. The van der Waals surface area contributed by atoms with E-state index in [0.717, 1.165) is 18.1 Å². The molecule has 64 valence electrons. The summed E-state index contributed by atoms with van der Waals surface area (Å²) in [5, 5.41) is 0. The summed E-state index contributed by atoms with van der Waals surface area (Å²) < 4.78 is 0. The second-order valence-corrected chi connectivity index (χ2v) is 3.35. The molecule has 1 saturated heterocycles. The Morgan fingerprint density at radius 1 is 1.50 bits per heavy atom. The van der Waals surface area contributed by atoms with Gasteiger partial charge in [0, 0.05) is 24.3 Å². The molecule has 12 heavy (non-hydrogen) atoms. The molecule has 2 rings (SSSR count). The summed E-state index contributed by atoms with van der Waals surface area (Å²) in [7, 11) is 0. The highest BCUT2D eigenvalue weighted by molar-refractivity contribution is 5.42. The third-order valence-corrected chi connectivity index (χ3v) is 2.40. The second-order valence-electron chi connectivity index (χ2n) is 3.35. The van der Waals surface area contributed by atoms with Crippen molar-refractivity contribution in [1.82, 2.24) is 9.97 Å². The molecule has 2 heterocycles. The van der Waals surface area contributed by atoms with Gasteiger partial charge in [0.25, 0.3) is 0 Å². The largest absolute Gasteiger partial charge is 0.354 e. The number of anilines is 1. The molecule has 1 unspecified atom stereocenters. The van der Waals surface area contributed by atoms with Crippen LogP contribution in [0.2, 0.25) is 0 Å². The average molecular weight is 163 g/mol. The van der Waals surface area contributed by atoms with Crippen LogP contribution >= 0.6 is 0 Å². The van der Waals surface area contributed by atoms with Gasteiger partial charge in [-0.15, -0.1) is 0 Å². The molecule has 0 aromatic carbocycles. The van der Waals surface area contributed by atoms with E-state index in [-0.39, 0.29) is 0 Å². The van der Waals surface area contributed by atoms with Crippen LogP contribution in [0.15, 0.2) is 12.4 Å². The molecule has 0 radical (unpaired) electrons. The Hall–Kier alpha value is -1.12. The van der Waals surface area contributed by atoms with Gasteiger partial charge in [-0.25, -0.2) is 9.97 Å². The summed E-state index contributed by atoms with van der Waals surface area (Å²) in [4.78, 5) is 10.6. The van der Waals surface area contributed by atoms with Gasteiger partial charge in [0.05, 0.1) is 0 Å². The van der Waals surface area contributed by atoms with Crippen molar-refractivity contribution in [2.75, 3.05) is 11.4 Å². The summed E-state index contributed by atoms with van der Waals surface area (Å²) in [5.41, 5.74) is 1.04. The van der Waals surface area contributed by atoms with Crippen LogP contribution in [-0.2, 0) is 0 Å². The Morgan fingerprint density at radius 3 is 2.83 bits per heavy atom. The lowest BCUT2D eigenvalue weighted by atomic mass is 10.1. The molecule has 0 saturated carbocycles. The van der Waals surface area contributed by atoms with Crippen LogP contribution in [-0.4, -0.2) is 22.6 Å². The zero-order chi connectivity index (χ0) is 8.55. The molecule has 3 heteroatoms. The Labute approximate surface area is 72.4 Å². The maximum absolute atomic E-state index is 4.23. The first-order chi connectivity index (χ1) is 5.77. The predicted octanol–water partition coefficient (Wildman–Crippen LogP) is 1.38. The number of rotatable bonds is 1. The molecule has 3 nitrogen and oxygen atoms in total. The maximum Gasteiger partial charge on any atom is 0.132 e. The van der Waals surface area contributed by atoms with Gasteiger partial charge in [-0.3, -0.25) is 0 Å². The van der Waals surface area contributed by atoms with E-state index < -0.39 is 0 Å². The van der Waals surface area contributed by atoms with Crippen molar-refractivity contribution < 1.29 is 0 Å². The molecule has 0 amide bonds. The standard InChI is InChI=1S/C9H13N3/c1-7-5-9(11-6-10-7)12-4-3-8(12)2/h5-6,8H,3-4H2,1-2H3. The Bertz CT molecular complexity index is 285. The van der Waals surface area contributed by atoms with Gasteiger partial charge < -0.3 is 4.90 Å². The van der Waals surface area contributed by atoms with Crippen molar-refractivity contribution in [3.8, 4) is 0 Å². The molecule has 1 fully saturated rings. The first-order valence-electron chi connectivity index (χ1n) is 4.32. The van der Waals surface area contributed by atoms with Crippen molar-refractivity contribution in [2.24, 2.45) is 0 Å². The molecule has 1 aliphatic heterocycles. The van der Waals surface area contributed by atoms with Crippen LogP contribution in [0.1, 0.15) is 19.0 Å². The van der Waals surface area contributed by atoms with Crippen molar-refractivity contribution in [2.45, 2.75) is 26.3 Å². The molecule has 1 aromatic heterocycles. The van der Waals surface area contributed by atoms with Crippen molar-refractivity contribution in [3.63, 3.8) is 0 Å². The molecular weight excluding hydrogens is 150 g/mol. The van der Waals surface area contributed by atoms with Crippen molar-refractivity contribution >= 4 is 5.82 Å². The molecule has 0 N–H and O–H groups in total. The van der Waals surface area contributed by atoms with E-state index in [9.17, 15) is 0 Å². The quantitative estimate of drug-likeness (QED) is 0.626. The lowest BCUT2D eigenvalue weighted by Crippen LogP contribution is -2.46. The monoisotopic (exact) mass is 163 g/mol. The number of nitrogens with zero attached hydrogens (tertiary/aromatic N) is 3. The number of aryl methyl sites for hydroxylation is 1. The number of hydrogen-bond acceptors (Lipinski definition) is 3. The Kier molecular flexibility index (Phi) is 1.71. The molecule has 1 aliphatic rings. The predicted molar refractivity (Wildman–Crippen MR) is 48.2 cm³/mol. The molecular formula is C9H13N3. The highest BCUT2D eigenvalue weighted by Crippen LogP contribution is 2.23. The minimum atomic E-state index is 0.652. The highest BCUT2D eigenvalue weighted by Gasteiger charge is 2.24. The number of aromatic nitrogens is 2. The Morgan fingerprint density at radius 2 is 2.33 bits per heavy atom. The first-order valence-corrected chi connectivity index (χ1v) is 4.32. The van der Waals surface area contributed by atoms with Crippen LogP contribution in [0.25, 0.3) is 0 Å². The summed E-state index contributed by atoms with van der Waals surface area (Å²) in [6.45, 7) is 5.36.